The predicted molar refractivity (Wildman–Crippen MR) is 67.1 cm³/mol. The molecule has 1 aromatic rings. The molecule has 0 fully saturated rings. The van der Waals surface area contributed by atoms with Gasteiger partial charge < -0.3 is 10.1 Å². The Morgan fingerprint density at radius 3 is 2.37 bits per heavy atom. The van der Waals surface area contributed by atoms with Crippen LogP contribution < -0.4 is 14.8 Å². The van der Waals surface area contributed by atoms with Crippen LogP contribution in [0.1, 0.15) is 0 Å². The van der Waals surface area contributed by atoms with Crippen LogP contribution in [-0.2, 0) is 10.0 Å². The minimum absolute atomic E-state index is 0.0630. The predicted octanol–water partition coefficient (Wildman–Crippen LogP) is 0.828. The SMILES string of the molecule is CNCCNS(=O)(=O)c1ccc(OCC(F)F)cc1. The Hall–Kier alpha value is -1.25. The number of alkyl halides is 2. The first kappa shape index (κ1) is 15.8. The van der Waals surface area contributed by atoms with Crippen molar-refractivity contribution in [3.05, 3.63) is 24.3 Å². The van der Waals surface area contributed by atoms with Crippen molar-refractivity contribution in [2.75, 3.05) is 26.7 Å². The molecule has 0 atom stereocenters. The smallest absolute Gasteiger partial charge is 0.272 e. The molecule has 0 bridgehead atoms. The molecule has 1 aromatic carbocycles. The van der Waals surface area contributed by atoms with Crippen LogP contribution in [0, 0.1) is 0 Å². The van der Waals surface area contributed by atoms with E-state index >= 15 is 0 Å². The summed E-state index contributed by atoms with van der Waals surface area (Å²) in [7, 11) is -1.86. The van der Waals surface area contributed by atoms with Crippen LogP contribution in [0.15, 0.2) is 29.2 Å². The van der Waals surface area contributed by atoms with Crippen molar-refractivity contribution in [1.29, 1.82) is 0 Å². The molecular formula is C11H16F2N2O3S. The van der Waals surface area contributed by atoms with Gasteiger partial charge in [0.2, 0.25) is 10.0 Å². The van der Waals surface area contributed by atoms with Crippen LogP contribution in [0.25, 0.3) is 0 Å². The summed E-state index contributed by atoms with van der Waals surface area (Å²) in [6.45, 7) is 0.0593. The number of rotatable bonds is 8. The van der Waals surface area contributed by atoms with E-state index in [1.807, 2.05) is 0 Å². The molecule has 0 saturated heterocycles. The zero-order valence-electron chi connectivity index (χ0n) is 10.4. The van der Waals surface area contributed by atoms with Crippen molar-refractivity contribution < 1.29 is 21.9 Å². The highest BCUT2D eigenvalue weighted by molar-refractivity contribution is 7.89. The molecule has 0 unspecified atom stereocenters. The van der Waals surface area contributed by atoms with Gasteiger partial charge in [-0.1, -0.05) is 0 Å². The van der Waals surface area contributed by atoms with E-state index in [0.29, 0.717) is 6.54 Å². The van der Waals surface area contributed by atoms with Crippen LogP contribution in [-0.4, -0.2) is 41.6 Å². The Labute approximate surface area is 111 Å². The lowest BCUT2D eigenvalue weighted by atomic mass is 10.3. The number of hydrogen-bond donors (Lipinski definition) is 2. The summed E-state index contributed by atoms with van der Waals surface area (Å²) < 4.78 is 54.6. The fourth-order valence-corrected chi connectivity index (χ4v) is 2.30. The molecule has 5 nitrogen and oxygen atoms in total. The Bertz CT molecular complexity index is 477. The number of sulfonamides is 1. The number of nitrogens with one attached hydrogen (secondary N) is 2. The normalized spacial score (nSPS) is 11.8. The Morgan fingerprint density at radius 2 is 1.84 bits per heavy atom. The number of hydrogen-bond acceptors (Lipinski definition) is 4. The highest BCUT2D eigenvalue weighted by Crippen LogP contribution is 2.16. The Morgan fingerprint density at radius 1 is 1.21 bits per heavy atom. The van der Waals surface area contributed by atoms with Gasteiger partial charge in [0.1, 0.15) is 12.4 Å². The fourth-order valence-electron chi connectivity index (χ4n) is 1.27. The molecule has 0 radical (unpaired) electrons. The topological polar surface area (TPSA) is 67.4 Å². The molecule has 0 aromatic heterocycles. The monoisotopic (exact) mass is 294 g/mol. The van der Waals surface area contributed by atoms with Gasteiger partial charge in [-0.25, -0.2) is 21.9 Å². The quantitative estimate of drug-likeness (QED) is 0.697. The summed E-state index contributed by atoms with van der Waals surface area (Å²) in [6.07, 6.45) is -2.56. The summed E-state index contributed by atoms with van der Waals surface area (Å²) in [5, 5.41) is 2.81. The third kappa shape index (κ3) is 5.50. The van der Waals surface area contributed by atoms with Crippen molar-refractivity contribution >= 4 is 10.0 Å². The van der Waals surface area contributed by atoms with Crippen LogP contribution in [0.3, 0.4) is 0 Å². The number of benzene rings is 1. The van der Waals surface area contributed by atoms with Crippen LogP contribution in [0.2, 0.25) is 0 Å². The molecule has 0 heterocycles. The Kier molecular flexibility index (Phi) is 6.13. The van der Waals surface area contributed by atoms with Crippen molar-refractivity contribution in [3.63, 3.8) is 0 Å². The van der Waals surface area contributed by atoms with E-state index < -0.39 is 23.1 Å². The molecule has 0 aliphatic rings. The molecule has 0 saturated carbocycles. The summed E-state index contributed by atoms with van der Waals surface area (Å²) in [4.78, 5) is 0.0630. The average Bonchev–Trinajstić information content (AvgIpc) is 2.37. The van der Waals surface area contributed by atoms with E-state index in [2.05, 4.69) is 10.0 Å². The van der Waals surface area contributed by atoms with Crippen molar-refractivity contribution in [2.24, 2.45) is 0 Å². The molecule has 0 aliphatic carbocycles. The molecule has 19 heavy (non-hydrogen) atoms. The first-order valence-electron chi connectivity index (χ1n) is 5.61. The van der Waals surface area contributed by atoms with E-state index in [9.17, 15) is 17.2 Å². The van der Waals surface area contributed by atoms with E-state index in [1.165, 1.54) is 24.3 Å². The lowest BCUT2D eigenvalue weighted by Gasteiger charge is -2.08. The second-order valence-corrected chi connectivity index (χ2v) is 5.44. The van der Waals surface area contributed by atoms with Crippen LogP contribution in [0.4, 0.5) is 8.78 Å². The summed E-state index contributed by atoms with van der Waals surface area (Å²) in [5.41, 5.74) is 0. The molecule has 2 N–H and O–H groups in total. The first-order chi connectivity index (χ1) is 8.95. The molecule has 108 valence electrons. The molecular weight excluding hydrogens is 278 g/mol. The maximum atomic E-state index is 11.9. The summed E-state index contributed by atoms with van der Waals surface area (Å²) >= 11 is 0. The molecule has 8 heteroatoms. The highest BCUT2D eigenvalue weighted by atomic mass is 32.2. The standard InChI is InChI=1S/C11H16F2N2O3S/c1-14-6-7-15-19(16,17)10-4-2-9(3-5-10)18-8-11(12)13/h2-5,11,14-15H,6-8H2,1H3. The van der Waals surface area contributed by atoms with Gasteiger partial charge in [0.15, 0.2) is 0 Å². The fraction of sp³-hybridized carbons (Fsp3) is 0.455. The summed E-state index contributed by atoms with van der Waals surface area (Å²) in [5.74, 6) is 0.203. The van der Waals surface area contributed by atoms with Crippen LogP contribution in [0.5, 0.6) is 5.75 Å². The minimum Gasteiger partial charge on any atom is -0.488 e. The van der Waals surface area contributed by atoms with E-state index in [4.69, 9.17) is 4.74 Å². The van der Waals surface area contributed by atoms with Gasteiger partial charge in [-0.05, 0) is 31.3 Å². The van der Waals surface area contributed by atoms with Gasteiger partial charge in [0, 0.05) is 13.1 Å². The Balaban J connectivity index is 2.64. The second kappa shape index (κ2) is 7.37. The van der Waals surface area contributed by atoms with Crippen LogP contribution >= 0.6 is 0 Å². The summed E-state index contributed by atoms with van der Waals surface area (Å²) in [6, 6.07) is 5.30. The van der Waals surface area contributed by atoms with Crippen molar-refractivity contribution in [2.45, 2.75) is 11.3 Å². The largest absolute Gasteiger partial charge is 0.488 e. The first-order valence-corrected chi connectivity index (χ1v) is 7.09. The van der Waals surface area contributed by atoms with Gasteiger partial charge in [-0.2, -0.15) is 0 Å². The number of ether oxygens (including phenoxy) is 1. The zero-order valence-corrected chi connectivity index (χ0v) is 11.2. The maximum absolute atomic E-state index is 11.9. The van der Waals surface area contributed by atoms with Crippen molar-refractivity contribution in [1.82, 2.24) is 10.0 Å². The third-order valence-corrected chi connectivity index (χ3v) is 3.65. The van der Waals surface area contributed by atoms with E-state index in [-0.39, 0.29) is 17.2 Å². The molecule has 1 rings (SSSR count). The van der Waals surface area contributed by atoms with E-state index in [1.54, 1.807) is 7.05 Å². The van der Waals surface area contributed by atoms with Gasteiger partial charge in [-0.3, -0.25) is 0 Å². The zero-order chi connectivity index (χ0) is 14.3. The minimum atomic E-state index is -3.57. The number of likely N-dealkylation sites (N-methyl/N-ethyl adjacent to an activating group) is 1. The van der Waals surface area contributed by atoms with Gasteiger partial charge in [0.05, 0.1) is 4.90 Å². The third-order valence-electron chi connectivity index (χ3n) is 2.18. The molecule has 0 amide bonds. The molecule has 0 spiro atoms. The van der Waals surface area contributed by atoms with Gasteiger partial charge in [0.25, 0.3) is 6.43 Å². The van der Waals surface area contributed by atoms with E-state index in [0.717, 1.165) is 0 Å². The number of halogens is 2. The van der Waals surface area contributed by atoms with Crippen molar-refractivity contribution in [3.8, 4) is 5.75 Å². The second-order valence-electron chi connectivity index (χ2n) is 3.67. The van der Waals surface area contributed by atoms with Gasteiger partial charge >= 0.3 is 0 Å². The lowest BCUT2D eigenvalue weighted by Crippen LogP contribution is -2.30. The average molecular weight is 294 g/mol. The van der Waals surface area contributed by atoms with Gasteiger partial charge in [-0.15, -0.1) is 0 Å². The molecule has 0 aliphatic heterocycles. The highest BCUT2D eigenvalue weighted by Gasteiger charge is 2.13. The maximum Gasteiger partial charge on any atom is 0.272 e. The lowest BCUT2D eigenvalue weighted by molar-refractivity contribution is 0.0819.